The van der Waals surface area contributed by atoms with Gasteiger partial charge in [0.1, 0.15) is 0 Å². The maximum atomic E-state index is 6.70. The van der Waals surface area contributed by atoms with Crippen LogP contribution in [-0.2, 0) is 26.6 Å². The number of hydrogen-bond donors (Lipinski definition) is 0. The first-order valence-corrected chi connectivity index (χ1v) is 21.1. The third-order valence-electron chi connectivity index (χ3n) is 7.52. The Bertz CT molecular complexity index is 700. The molecule has 1 aromatic rings. The summed E-state index contributed by atoms with van der Waals surface area (Å²) in [6, 6.07) is 8.53. The van der Waals surface area contributed by atoms with E-state index in [2.05, 4.69) is 107 Å². The summed E-state index contributed by atoms with van der Waals surface area (Å²) in [5.74, 6) is 3.23. The van der Waals surface area contributed by atoms with Crippen molar-refractivity contribution in [3.05, 3.63) is 24.3 Å². The van der Waals surface area contributed by atoms with Crippen molar-refractivity contribution in [2.24, 2.45) is 35.5 Å². The first kappa shape index (κ1) is 41.4. The third-order valence-corrected chi connectivity index (χ3v) is 13.1. The number of rotatable bonds is 26. The fourth-order valence-electron chi connectivity index (χ4n) is 4.20. The van der Waals surface area contributed by atoms with Gasteiger partial charge in [-0.2, -0.15) is 0 Å². The zero-order valence-electron chi connectivity index (χ0n) is 30.7. The summed E-state index contributed by atoms with van der Waals surface area (Å²) in [7, 11) is -6.36. The standard InChI is InChI=1S/C36H70O6Si2/c1-29(2)17-23-37-43(38-24-18-30(3)4,39-25-19-31(5)6)35-13-15-36(16-14-35)44(40-26-20-32(7)8,41-27-21-33(9)10)42-28-22-34(11)12/h13-16,29-34H,17-28H2,1-12H3. The zero-order chi connectivity index (χ0) is 33.2. The van der Waals surface area contributed by atoms with Crippen LogP contribution in [-0.4, -0.2) is 57.3 Å². The normalized spacial score (nSPS) is 13.1. The quantitative estimate of drug-likeness (QED) is 0.0936. The van der Waals surface area contributed by atoms with Gasteiger partial charge in [0.15, 0.2) is 0 Å². The highest BCUT2D eigenvalue weighted by atomic mass is 28.4. The van der Waals surface area contributed by atoms with Crippen LogP contribution in [0.2, 0.25) is 0 Å². The van der Waals surface area contributed by atoms with Gasteiger partial charge < -0.3 is 26.6 Å². The fourth-order valence-corrected chi connectivity index (χ4v) is 9.17. The molecular weight excluding hydrogens is 585 g/mol. The average molecular weight is 655 g/mol. The lowest BCUT2D eigenvalue weighted by Gasteiger charge is -2.33. The summed E-state index contributed by atoms with van der Waals surface area (Å²) in [5, 5.41) is 1.99. The van der Waals surface area contributed by atoms with Crippen molar-refractivity contribution in [2.75, 3.05) is 39.6 Å². The Labute approximate surface area is 275 Å². The van der Waals surface area contributed by atoms with Crippen molar-refractivity contribution >= 4 is 28.0 Å². The Morgan fingerprint density at radius 3 is 0.636 bits per heavy atom. The highest BCUT2D eigenvalue weighted by molar-refractivity contribution is 6.77. The monoisotopic (exact) mass is 654 g/mol. The molecule has 0 spiro atoms. The Morgan fingerprint density at radius 1 is 0.341 bits per heavy atom. The van der Waals surface area contributed by atoms with Crippen LogP contribution in [0.5, 0.6) is 0 Å². The molecule has 0 heterocycles. The summed E-state index contributed by atoms with van der Waals surface area (Å²) >= 11 is 0. The van der Waals surface area contributed by atoms with Gasteiger partial charge in [-0.1, -0.05) is 107 Å². The Hall–Kier alpha value is -0.586. The first-order valence-electron chi connectivity index (χ1n) is 17.7. The summed E-state index contributed by atoms with van der Waals surface area (Å²) in [6.45, 7) is 30.4. The molecule has 0 fully saturated rings. The Balaban J connectivity index is 3.55. The molecule has 0 saturated carbocycles. The Kier molecular flexibility index (Phi) is 20.8. The molecule has 0 atom stereocenters. The van der Waals surface area contributed by atoms with E-state index in [1.165, 1.54) is 0 Å². The molecule has 0 amide bonds. The molecule has 44 heavy (non-hydrogen) atoms. The predicted octanol–water partition coefficient (Wildman–Crippen LogP) is 8.35. The SMILES string of the molecule is CC(C)CCO[Si](OCCC(C)C)(OCCC(C)C)c1ccc([Si](OCCC(C)C)(OCCC(C)C)OCCC(C)C)cc1. The van der Waals surface area contributed by atoms with E-state index in [-0.39, 0.29) is 0 Å². The minimum Gasteiger partial charge on any atom is -0.370 e. The molecule has 1 rings (SSSR count). The molecular formula is C36H70O6Si2. The molecule has 0 aliphatic rings. The van der Waals surface area contributed by atoms with Crippen LogP contribution in [0.4, 0.5) is 0 Å². The summed E-state index contributed by atoms with van der Waals surface area (Å²) in [6.07, 6.45) is 5.76. The summed E-state index contributed by atoms with van der Waals surface area (Å²) in [4.78, 5) is 0. The van der Waals surface area contributed by atoms with Crippen molar-refractivity contribution in [1.29, 1.82) is 0 Å². The molecule has 8 heteroatoms. The van der Waals surface area contributed by atoms with Crippen molar-refractivity contribution in [2.45, 2.75) is 122 Å². The molecule has 0 aliphatic carbocycles. The lowest BCUT2D eigenvalue weighted by Crippen LogP contribution is -2.60. The van der Waals surface area contributed by atoms with E-state index in [4.69, 9.17) is 26.6 Å². The molecule has 0 saturated heterocycles. The predicted molar refractivity (Wildman–Crippen MR) is 190 cm³/mol. The molecule has 0 aliphatic heterocycles. The summed E-state index contributed by atoms with van der Waals surface area (Å²) in [5.41, 5.74) is 0. The van der Waals surface area contributed by atoms with E-state index < -0.39 is 17.6 Å². The van der Waals surface area contributed by atoms with Gasteiger partial charge in [0.05, 0.1) is 0 Å². The molecule has 0 unspecified atom stereocenters. The molecule has 0 aromatic heterocycles. The lowest BCUT2D eigenvalue weighted by molar-refractivity contribution is 0.0621. The number of benzene rings is 1. The van der Waals surface area contributed by atoms with Gasteiger partial charge in [-0.3, -0.25) is 0 Å². The fraction of sp³-hybridized carbons (Fsp3) is 0.833. The van der Waals surface area contributed by atoms with Gasteiger partial charge in [-0.25, -0.2) is 0 Å². The van der Waals surface area contributed by atoms with Crippen LogP contribution in [0.3, 0.4) is 0 Å². The van der Waals surface area contributed by atoms with E-state index in [1.807, 2.05) is 0 Å². The van der Waals surface area contributed by atoms with Gasteiger partial charge in [-0.05, 0) is 74.0 Å². The van der Waals surface area contributed by atoms with Crippen molar-refractivity contribution < 1.29 is 26.6 Å². The number of hydrogen-bond acceptors (Lipinski definition) is 6. The van der Waals surface area contributed by atoms with E-state index in [9.17, 15) is 0 Å². The molecule has 6 nitrogen and oxygen atoms in total. The largest absolute Gasteiger partial charge is 0.537 e. The molecule has 0 radical (unpaired) electrons. The lowest BCUT2D eigenvalue weighted by atomic mass is 10.1. The van der Waals surface area contributed by atoms with Gasteiger partial charge in [-0.15, -0.1) is 0 Å². The minimum absolute atomic E-state index is 0.538. The van der Waals surface area contributed by atoms with Gasteiger partial charge >= 0.3 is 17.6 Å². The van der Waals surface area contributed by atoms with E-state index in [0.29, 0.717) is 75.1 Å². The van der Waals surface area contributed by atoms with E-state index in [1.54, 1.807) is 0 Å². The average Bonchev–Trinajstić information content (AvgIpc) is 2.91. The molecule has 0 N–H and O–H groups in total. The van der Waals surface area contributed by atoms with Gasteiger partial charge in [0.25, 0.3) is 0 Å². The smallest absolute Gasteiger partial charge is 0.370 e. The van der Waals surface area contributed by atoms with Crippen molar-refractivity contribution in [3.8, 4) is 0 Å². The highest BCUT2D eigenvalue weighted by Gasteiger charge is 2.47. The van der Waals surface area contributed by atoms with Crippen LogP contribution < -0.4 is 10.4 Å². The second-order valence-electron chi connectivity index (χ2n) is 14.9. The maximum Gasteiger partial charge on any atom is 0.537 e. The molecule has 0 bridgehead atoms. The van der Waals surface area contributed by atoms with Gasteiger partial charge in [0.2, 0.25) is 0 Å². The first-order chi connectivity index (χ1) is 20.7. The molecule has 1 aromatic carbocycles. The minimum atomic E-state index is -3.18. The van der Waals surface area contributed by atoms with E-state index in [0.717, 1.165) is 48.9 Å². The maximum absolute atomic E-state index is 6.70. The zero-order valence-corrected chi connectivity index (χ0v) is 32.7. The third kappa shape index (κ3) is 16.8. The van der Waals surface area contributed by atoms with Crippen molar-refractivity contribution in [3.63, 3.8) is 0 Å². The van der Waals surface area contributed by atoms with Gasteiger partial charge in [0, 0.05) is 50.0 Å². The second-order valence-corrected chi connectivity index (χ2v) is 20.0. The van der Waals surface area contributed by atoms with Crippen LogP contribution in [0.15, 0.2) is 24.3 Å². The van der Waals surface area contributed by atoms with Crippen LogP contribution in [0, 0.1) is 35.5 Å². The highest BCUT2D eigenvalue weighted by Crippen LogP contribution is 2.19. The van der Waals surface area contributed by atoms with Crippen LogP contribution >= 0.6 is 0 Å². The topological polar surface area (TPSA) is 55.4 Å². The second kappa shape index (κ2) is 22.1. The molecule has 258 valence electrons. The summed E-state index contributed by atoms with van der Waals surface area (Å²) < 4.78 is 40.2. The van der Waals surface area contributed by atoms with E-state index >= 15 is 0 Å². The van der Waals surface area contributed by atoms with Crippen molar-refractivity contribution in [1.82, 2.24) is 0 Å². The van der Waals surface area contributed by atoms with Crippen LogP contribution in [0.25, 0.3) is 0 Å². The Morgan fingerprint density at radius 2 is 0.500 bits per heavy atom. The van der Waals surface area contributed by atoms with Crippen LogP contribution in [0.1, 0.15) is 122 Å².